The van der Waals surface area contributed by atoms with Crippen molar-refractivity contribution < 1.29 is 14.6 Å². The smallest absolute Gasteiger partial charge is 0.356 e. The van der Waals surface area contributed by atoms with Gasteiger partial charge in [0.1, 0.15) is 11.4 Å². The van der Waals surface area contributed by atoms with E-state index in [1.807, 2.05) is 0 Å². The zero-order valence-corrected chi connectivity index (χ0v) is 8.80. The van der Waals surface area contributed by atoms with Gasteiger partial charge in [-0.15, -0.1) is 0 Å². The molecule has 1 aromatic heterocycles. The molecule has 0 unspecified atom stereocenters. The van der Waals surface area contributed by atoms with E-state index in [0.717, 1.165) is 0 Å². The predicted octanol–water partition coefficient (Wildman–Crippen LogP) is 2.12. The highest BCUT2D eigenvalue weighted by Gasteiger charge is 2.09. The molecule has 1 heterocycles. The Morgan fingerprint density at radius 1 is 1.38 bits per heavy atom. The van der Waals surface area contributed by atoms with Gasteiger partial charge in [0.05, 0.1) is 12.1 Å². The van der Waals surface area contributed by atoms with Crippen LogP contribution in [0.4, 0.5) is 0 Å². The van der Waals surface area contributed by atoms with Crippen LogP contribution in [-0.4, -0.2) is 22.7 Å². The van der Waals surface area contributed by atoms with Gasteiger partial charge in [-0.1, -0.05) is 6.07 Å². The minimum Gasteiger partial charge on any atom is -0.507 e. The second-order valence-corrected chi connectivity index (χ2v) is 3.26. The van der Waals surface area contributed by atoms with Crippen molar-refractivity contribution in [3.63, 3.8) is 0 Å². The van der Waals surface area contributed by atoms with Crippen molar-refractivity contribution in [3.8, 4) is 5.75 Å². The van der Waals surface area contributed by atoms with E-state index in [1.165, 1.54) is 0 Å². The second-order valence-electron chi connectivity index (χ2n) is 3.26. The van der Waals surface area contributed by atoms with Gasteiger partial charge in [0.2, 0.25) is 0 Å². The van der Waals surface area contributed by atoms with Gasteiger partial charge >= 0.3 is 5.97 Å². The Morgan fingerprint density at radius 2 is 2.19 bits per heavy atom. The molecule has 4 nitrogen and oxygen atoms in total. The molecule has 4 heteroatoms. The molecule has 0 bridgehead atoms. The van der Waals surface area contributed by atoms with Crippen molar-refractivity contribution >= 4 is 16.9 Å². The Hall–Kier alpha value is -2.10. The average Bonchev–Trinajstić information content (AvgIpc) is 2.29. The van der Waals surface area contributed by atoms with Crippen molar-refractivity contribution in [1.29, 1.82) is 0 Å². The Morgan fingerprint density at radius 3 is 2.94 bits per heavy atom. The molecule has 0 atom stereocenters. The quantitative estimate of drug-likeness (QED) is 0.783. The van der Waals surface area contributed by atoms with Crippen LogP contribution in [0.3, 0.4) is 0 Å². The molecule has 0 saturated heterocycles. The number of aromatic hydroxyl groups is 1. The first-order valence-electron chi connectivity index (χ1n) is 4.98. The molecular weight excluding hydrogens is 206 g/mol. The van der Waals surface area contributed by atoms with Crippen LogP contribution in [0.1, 0.15) is 17.4 Å². The van der Waals surface area contributed by atoms with Crippen molar-refractivity contribution in [2.75, 3.05) is 6.61 Å². The van der Waals surface area contributed by atoms with Crippen molar-refractivity contribution in [1.82, 2.24) is 4.98 Å². The highest BCUT2D eigenvalue weighted by atomic mass is 16.5. The molecule has 0 aliphatic rings. The molecule has 0 spiro atoms. The maximum absolute atomic E-state index is 11.4. The number of phenolic OH excluding ortho intramolecular Hbond substituents is 1. The lowest BCUT2D eigenvalue weighted by molar-refractivity contribution is 0.0520. The molecular formula is C12H11NO3. The second kappa shape index (κ2) is 4.18. The summed E-state index contributed by atoms with van der Waals surface area (Å²) in [4.78, 5) is 15.5. The van der Waals surface area contributed by atoms with E-state index < -0.39 is 5.97 Å². The highest BCUT2D eigenvalue weighted by molar-refractivity contribution is 5.92. The van der Waals surface area contributed by atoms with Crippen LogP contribution in [0.2, 0.25) is 0 Å². The number of pyridine rings is 1. The minimum atomic E-state index is -0.451. The molecule has 16 heavy (non-hydrogen) atoms. The van der Waals surface area contributed by atoms with E-state index in [4.69, 9.17) is 4.74 Å². The zero-order valence-electron chi connectivity index (χ0n) is 8.80. The van der Waals surface area contributed by atoms with Crippen LogP contribution < -0.4 is 0 Å². The third-order valence-corrected chi connectivity index (χ3v) is 2.19. The van der Waals surface area contributed by atoms with E-state index in [-0.39, 0.29) is 11.4 Å². The lowest BCUT2D eigenvalue weighted by Crippen LogP contribution is -2.06. The molecule has 0 fully saturated rings. The third kappa shape index (κ3) is 1.82. The fraction of sp³-hybridized carbons (Fsp3) is 0.167. The number of esters is 1. The number of nitrogens with zero attached hydrogens (tertiary/aromatic N) is 1. The number of hydrogen-bond acceptors (Lipinski definition) is 4. The predicted molar refractivity (Wildman–Crippen MR) is 59.4 cm³/mol. The molecule has 1 aromatic carbocycles. The Bertz CT molecular complexity index is 537. The molecule has 0 aliphatic heterocycles. The maximum atomic E-state index is 11.4. The SMILES string of the molecule is CCOC(=O)c1ccc2c(O)cccc2n1. The van der Waals surface area contributed by atoms with Crippen molar-refractivity contribution in [2.45, 2.75) is 6.92 Å². The summed E-state index contributed by atoms with van der Waals surface area (Å²) in [5.41, 5.74) is 0.825. The van der Waals surface area contributed by atoms with Crippen LogP contribution in [0.5, 0.6) is 5.75 Å². The zero-order chi connectivity index (χ0) is 11.5. The van der Waals surface area contributed by atoms with E-state index in [0.29, 0.717) is 17.5 Å². The van der Waals surface area contributed by atoms with Gasteiger partial charge in [-0.05, 0) is 31.2 Å². The molecule has 2 aromatic rings. The molecule has 0 radical (unpaired) electrons. The van der Waals surface area contributed by atoms with Crippen LogP contribution >= 0.6 is 0 Å². The number of ether oxygens (including phenoxy) is 1. The number of fused-ring (bicyclic) bond motifs is 1. The normalized spacial score (nSPS) is 10.3. The first-order chi connectivity index (χ1) is 7.72. The summed E-state index contributed by atoms with van der Waals surface area (Å²) < 4.78 is 4.84. The molecule has 82 valence electrons. The maximum Gasteiger partial charge on any atom is 0.356 e. The summed E-state index contributed by atoms with van der Waals surface area (Å²) >= 11 is 0. The van der Waals surface area contributed by atoms with Gasteiger partial charge in [0, 0.05) is 5.39 Å². The van der Waals surface area contributed by atoms with Gasteiger partial charge in [-0.2, -0.15) is 0 Å². The van der Waals surface area contributed by atoms with Crippen LogP contribution in [0.15, 0.2) is 30.3 Å². The molecule has 0 saturated carbocycles. The summed E-state index contributed by atoms with van der Waals surface area (Å²) in [5.74, 6) is -0.298. The van der Waals surface area contributed by atoms with E-state index in [9.17, 15) is 9.90 Å². The van der Waals surface area contributed by atoms with Crippen molar-refractivity contribution in [2.24, 2.45) is 0 Å². The summed E-state index contributed by atoms with van der Waals surface area (Å²) in [6.07, 6.45) is 0. The Kier molecular flexibility index (Phi) is 2.72. The molecule has 0 amide bonds. The van der Waals surface area contributed by atoms with Crippen LogP contribution in [0, 0.1) is 0 Å². The molecule has 2 rings (SSSR count). The van der Waals surface area contributed by atoms with E-state index >= 15 is 0 Å². The molecule has 0 aliphatic carbocycles. The summed E-state index contributed by atoms with van der Waals surface area (Å²) in [6.45, 7) is 2.06. The van der Waals surface area contributed by atoms with Gasteiger partial charge in [0.25, 0.3) is 0 Å². The minimum absolute atomic E-state index is 0.153. The van der Waals surface area contributed by atoms with E-state index in [2.05, 4.69) is 4.98 Å². The van der Waals surface area contributed by atoms with Crippen molar-refractivity contribution in [3.05, 3.63) is 36.0 Å². The first kappa shape index (κ1) is 10.4. The number of hydrogen-bond donors (Lipinski definition) is 1. The number of benzene rings is 1. The number of phenols is 1. The number of carbonyl (C=O) groups is 1. The van der Waals surface area contributed by atoms with Gasteiger partial charge in [-0.25, -0.2) is 9.78 Å². The number of carbonyl (C=O) groups excluding carboxylic acids is 1. The lowest BCUT2D eigenvalue weighted by Gasteiger charge is -2.03. The number of rotatable bonds is 2. The van der Waals surface area contributed by atoms with E-state index in [1.54, 1.807) is 37.3 Å². The standard InChI is InChI=1S/C12H11NO3/c1-2-16-12(15)10-7-6-8-9(13-10)4-3-5-11(8)14/h3-7,14H,2H2,1H3. The van der Waals surface area contributed by atoms with Gasteiger partial charge < -0.3 is 9.84 Å². The van der Waals surface area contributed by atoms with Gasteiger partial charge in [-0.3, -0.25) is 0 Å². The van der Waals surface area contributed by atoms with Gasteiger partial charge in [0.15, 0.2) is 0 Å². The highest BCUT2D eigenvalue weighted by Crippen LogP contribution is 2.22. The molecule has 1 N–H and O–H groups in total. The monoisotopic (exact) mass is 217 g/mol. The summed E-state index contributed by atoms with van der Waals surface area (Å²) in [6, 6.07) is 8.19. The third-order valence-electron chi connectivity index (χ3n) is 2.19. The fourth-order valence-corrected chi connectivity index (χ4v) is 1.46. The lowest BCUT2D eigenvalue weighted by atomic mass is 10.2. The van der Waals surface area contributed by atoms with Crippen LogP contribution in [-0.2, 0) is 4.74 Å². The fourth-order valence-electron chi connectivity index (χ4n) is 1.46. The topological polar surface area (TPSA) is 59.4 Å². The summed E-state index contributed by atoms with van der Waals surface area (Å²) in [5, 5.41) is 10.2. The van der Waals surface area contributed by atoms with Crippen LogP contribution in [0.25, 0.3) is 10.9 Å². The Balaban J connectivity index is 2.48. The number of aromatic nitrogens is 1. The first-order valence-corrected chi connectivity index (χ1v) is 4.98. The Labute approximate surface area is 92.5 Å². The average molecular weight is 217 g/mol. The largest absolute Gasteiger partial charge is 0.507 e. The summed E-state index contributed by atoms with van der Waals surface area (Å²) in [7, 11) is 0.